The largest absolute Gasteiger partial charge is 0.361 e. The number of amides is 2. The molecule has 0 fully saturated rings. The van der Waals surface area contributed by atoms with Crippen LogP contribution in [0.15, 0.2) is 54.7 Å². The van der Waals surface area contributed by atoms with Crippen molar-refractivity contribution in [3.63, 3.8) is 0 Å². The number of nitrogens with zero attached hydrogens (tertiary/aromatic N) is 1. The summed E-state index contributed by atoms with van der Waals surface area (Å²) in [5, 5.41) is 4.49. The molecule has 3 rings (SSSR count). The Hall–Kier alpha value is -2.79. The number of aromatic nitrogens is 1. The minimum absolute atomic E-state index is 0.0793. The fraction of sp³-hybridized carbons (Fsp3) is 0.200. The van der Waals surface area contributed by atoms with Crippen molar-refractivity contribution in [2.75, 3.05) is 18.0 Å². The molecule has 0 aliphatic rings. The SMILES string of the molecule is CC(=O)N(CCNC(=O)Cc1c[nH]c2ccccc12)c1cccc(Cl)c1. The normalized spacial score (nSPS) is 10.7. The van der Waals surface area contributed by atoms with E-state index >= 15 is 0 Å². The monoisotopic (exact) mass is 369 g/mol. The van der Waals surface area contributed by atoms with E-state index in [9.17, 15) is 9.59 Å². The summed E-state index contributed by atoms with van der Waals surface area (Å²) >= 11 is 5.99. The molecule has 5 nitrogen and oxygen atoms in total. The molecule has 0 unspecified atom stereocenters. The first kappa shape index (κ1) is 18.0. The first-order valence-corrected chi connectivity index (χ1v) is 8.78. The number of hydrogen-bond donors (Lipinski definition) is 2. The second-order valence-electron chi connectivity index (χ2n) is 6.04. The van der Waals surface area contributed by atoms with Gasteiger partial charge in [-0.05, 0) is 29.8 Å². The fourth-order valence-electron chi connectivity index (χ4n) is 2.93. The van der Waals surface area contributed by atoms with E-state index in [-0.39, 0.29) is 11.8 Å². The lowest BCUT2D eigenvalue weighted by atomic mass is 10.1. The first-order valence-electron chi connectivity index (χ1n) is 8.40. The van der Waals surface area contributed by atoms with Crippen molar-refractivity contribution in [2.45, 2.75) is 13.3 Å². The number of hydrogen-bond acceptors (Lipinski definition) is 2. The van der Waals surface area contributed by atoms with Crippen LogP contribution in [0.1, 0.15) is 12.5 Å². The van der Waals surface area contributed by atoms with Crippen molar-refractivity contribution < 1.29 is 9.59 Å². The van der Waals surface area contributed by atoms with Crippen molar-refractivity contribution in [1.82, 2.24) is 10.3 Å². The molecule has 1 aromatic heterocycles. The van der Waals surface area contributed by atoms with Crippen LogP contribution in [0.5, 0.6) is 0 Å². The molecule has 0 radical (unpaired) electrons. The number of anilines is 1. The predicted molar refractivity (Wildman–Crippen MR) is 104 cm³/mol. The Labute approximate surface area is 157 Å². The molecule has 2 N–H and O–H groups in total. The fourth-order valence-corrected chi connectivity index (χ4v) is 3.12. The number of fused-ring (bicyclic) bond motifs is 1. The third-order valence-corrected chi connectivity index (χ3v) is 4.42. The summed E-state index contributed by atoms with van der Waals surface area (Å²) in [4.78, 5) is 28.9. The highest BCUT2D eigenvalue weighted by Gasteiger charge is 2.13. The van der Waals surface area contributed by atoms with Crippen LogP contribution < -0.4 is 10.2 Å². The molecule has 134 valence electrons. The van der Waals surface area contributed by atoms with Crippen LogP contribution in [-0.4, -0.2) is 29.9 Å². The maximum Gasteiger partial charge on any atom is 0.224 e. The van der Waals surface area contributed by atoms with Crippen LogP contribution in [0.3, 0.4) is 0 Å². The van der Waals surface area contributed by atoms with Crippen molar-refractivity contribution in [3.05, 3.63) is 65.3 Å². The van der Waals surface area contributed by atoms with Gasteiger partial charge in [0.05, 0.1) is 6.42 Å². The maximum absolute atomic E-state index is 12.2. The highest BCUT2D eigenvalue weighted by molar-refractivity contribution is 6.30. The van der Waals surface area contributed by atoms with Gasteiger partial charge in [-0.25, -0.2) is 0 Å². The Bertz CT molecular complexity index is 935. The molecule has 0 bridgehead atoms. The first-order chi connectivity index (χ1) is 12.5. The number of H-pyrrole nitrogens is 1. The van der Waals surface area contributed by atoms with E-state index in [0.717, 1.165) is 22.2 Å². The predicted octanol–water partition coefficient (Wildman–Crippen LogP) is 3.53. The molecule has 6 heteroatoms. The molecule has 0 aliphatic carbocycles. The summed E-state index contributed by atoms with van der Waals surface area (Å²) in [7, 11) is 0. The van der Waals surface area contributed by atoms with Crippen molar-refractivity contribution in [1.29, 1.82) is 0 Å². The van der Waals surface area contributed by atoms with Crippen LogP contribution in [0, 0.1) is 0 Å². The Morgan fingerprint density at radius 3 is 2.73 bits per heavy atom. The minimum Gasteiger partial charge on any atom is -0.361 e. The summed E-state index contributed by atoms with van der Waals surface area (Å²) < 4.78 is 0. The molecule has 3 aromatic rings. The molecule has 2 amide bonds. The van der Waals surface area contributed by atoms with Gasteiger partial charge in [-0.15, -0.1) is 0 Å². The Morgan fingerprint density at radius 1 is 1.15 bits per heavy atom. The van der Waals surface area contributed by atoms with Crippen molar-refractivity contribution in [3.8, 4) is 0 Å². The lowest BCUT2D eigenvalue weighted by Crippen LogP contribution is -2.38. The van der Waals surface area contributed by atoms with Gasteiger partial charge in [0, 0.05) is 47.8 Å². The summed E-state index contributed by atoms with van der Waals surface area (Å²) in [6.07, 6.45) is 2.15. The van der Waals surface area contributed by atoms with Gasteiger partial charge in [0.25, 0.3) is 0 Å². The number of aromatic amines is 1. The minimum atomic E-state index is -0.0989. The highest BCUT2D eigenvalue weighted by atomic mass is 35.5. The Morgan fingerprint density at radius 2 is 1.96 bits per heavy atom. The molecule has 26 heavy (non-hydrogen) atoms. The van der Waals surface area contributed by atoms with Crippen LogP contribution in [0.2, 0.25) is 5.02 Å². The van der Waals surface area contributed by atoms with Gasteiger partial charge in [-0.2, -0.15) is 0 Å². The van der Waals surface area contributed by atoms with Crippen LogP contribution in [0.4, 0.5) is 5.69 Å². The number of halogens is 1. The second kappa shape index (κ2) is 8.06. The summed E-state index contributed by atoms with van der Waals surface area (Å²) in [6, 6.07) is 15.0. The van der Waals surface area contributed by atoms with E-state index < -0.39 is 0 Å². The third kappa shape index (κ3) is 4.24. The number of nitrogens with one attached hydrogen (secondary N) is 2. The van der Waals surface area contributed by atoms with Crippen LogP contribution in [-0.2, 0) is 16.0 Å². The van der Waals surface area contributed by atoms with Gasteiger partial charge in [-0.3, -0.25) is 9.59 Å². The third-order valence-electron chi connectivity index (χ3n) is 4.18. The molecule has 0 atom stereocenters. The zero-order valence-corrected chi connectivity index (χ0v) is 15.2. The lowest BCUT2D eigenvalue weighted by molar-refractivity contribution is -0.121. The van der Waals surface area contributed by atoms with E-state index in [1.54, 1.807) is 23.1 Å². The van der Waals surface area contributed by atoms with E-state index in [0.29, 0.717) is 24.5 Å². The molecule has 0 saturated carbocycles. The van der Waals surface area contributed by atoms with Gasteiger partial charge < -0.3 is 15.2 Å². The lowest BCUT2D eigenvalue weighted by Gasteiger charge is -2.21. The smallest absolute Gasteiger partial charge is 0.224 e. The maximum atomic E-state index is 12.2. The van der Waals surface area contributed by atoms with Gasteiger partial charge in [0.1, 0.15) is 0 Å². The number of benzene rings is 2. The van der Waals surface area contributed by atoms with E-state index in [2.05, 4.69) is 10.3 Å². The van der Waals surface area contributed by atoms with Gasteiger partial charge >= 0.3 is 0 Å². The molecule has 1 heterocycles. The summed E-state index contributed by atoms with van der Waals surface area (Å²) in [6.45, 7) is 2.25. The van der Waals surface area contributed by atoms with Gasteiger partial charge in [0.2, 0.25) is 11.8 Å². The van der Waals surface area contributed by atoms with E-state index in [4.69, 9.17) is 11.6 Å². The molecule has 0 saturated heterocycles. The topological polar surface area (TPSA) is 65.2 Å². The van der Waals surface area contributed by atoms with Crippen molar-refractivity contribution >= 4 is 40.0 Å². The molecular formula is C20H20ClN3O2. The van der Waals surface area contributed by atoms with Crippen LogP contribution >= 0.6 is 11.6 Å². The summed E-state index contributed by atoms with van der Waals surface area (Å²) in [5.74, 6) is -0.178. The highest BCUT2D eigenvalue weighted by Crippen LogP contribution is 2.20. The summed E-state index contributed by atoms with van der Waals surface area (Å²) in [5.41, 5.74) is 2.69. The van der Waals surface area contributed by atoms with E-state index in [1.807, 2.05) is 36.5 Å². The van der Waals surface area contributed by atoms with Gasteiger partial charge in [-0.1, -0.05) is 35.9 Å². The standard InChI is InChI=1S/C20H20ClN3O2/c1-14(25)24(17-6-4-5-16(21)12-17)10-9-22-20(26)11-15-13-23-19-8-3-2-7-18(15)19/h2-8,12-13,23H,9-11H2,1H3,(H,22,26). The molecule has 0 aliphatic heterocycles. The van der Waals surface area contributed by atoms with Crippen LogP contribution in [0.25, 0.3) is 10.9 Å². The number of carbonyl (C=O) groups is 2. The van der Waals surface area contributed by atoms with Crippen molar-refractivity contribution in [2.24, 2.45) is 0 Å². The van der Waals surface area contributed by atoms with E-state index in [1.165, 1.54) is 6.92 Å². The Kier molecular flexibility index (Phi) is 5.58. The number of carbonyl (C=O) groups excluding carboxylic acids is 2. The second-order valence-corrected chi connectivity index (χ2v) is 6.47. The Balaban J connectivity index is 1.57. The zero-order chi connectivity index (χ0) is 18.5. The zero-order valence-electron chi connectivity index (χ0n) is 14.5. The average Bonchev–Trinajstić information content (AvgIpc) is 3.01. The molecule has 0 spiro atoms. The van der Waals surface area contributed by atoms with Gasteiger partial charge in [0.15, 0.2) is 0 Å². The quantitative estimate of drug-likeness (QED) is 0.698. The molecular weight excluding hydrogens is 350 g/mol. The molecule has 2 aromatic carbocycles. The number of para-hydroxylation sites is 1. The number of rotatable bonds is 6. The average molecular weight is 370 g/mol.